The van der Waals surface area contributed by atoms with Crippen molar-refractivity contribution in [3.8, 4) is 11.5 Å². The van der Waals surface area contributed by atoms with Gasteiger partial charge < -0.3 is 9.47 Å². The Labute approximate surface area is 178 Å². The van der Waals surface area contributed by atoms with Gasteiger partial charge in [-0.3, -0.25) is 14.4 Å². The monoisotopic (exact) mass is 442 g/mol. The maximum Gasteiger partial charge on any atom is 0.343 e. The van der Waals surface area contributed by atoms with Crippen LogP contribution >= 0.6 is 0 Å². The molecule has 0 bridgehead atoms. The van der Waals surface area contributed by atoms with Crippen LogP contribution < -0.4 is 13.8 Å². The van der Waals surface area contributed by atoms with E-state index in [-0.39, 0.29) is 21.9 Å². The average molecular weight is 442 g/mol. The molecule has 3 rings (SSSR count). The lowest BCUT2D eigenvalue weighted by Gasteiger charge is -2.21. The lowest BCUT2D eigenvalue weighted by molar-refractivity contribution is -0.384. The summed E-state index contributed by atoms with van der Waals surface area (Å²) in [4.78, 5) is 22.5. The van der Waals surface area contributed by atoms with Crippen molar-refractivity contribution in [2.75, 3.05) is 18.5 Å². The first-order valence-corrected chi connectivity index (χ1v) is 10.4. The van der Waals surface area contributed by atoms with Crippen LogP contribution in [0.2, 0.25) is 0 Å². The highest BCUT2D eigenvalue weighted by Crippen LogP contribution is 2.31. The zero-order valence-corrected chi connectivity index (χ0v) is 17.4. The molecule has 0 spiro atoms. The van der Waals surface area contributed by atoms with Crippen LogP contribution in [-0.2, 0) is 10.0 Å². The average Bonchev–Trinajstić information content (AvgIpc) is 2.78. The van der Waals surface area contributed by atoms with Gasteiger partial charge in [0.2, 0.25) is 0 Å². The molecule has 0 amide bonds. The number of esters is 1. The van der Waals surface area contributed by atoms with Gasteiger partial charge in [-0.1, -0.05) is 18.2 Å². The topological polar surface area (TPSA) is 116 Å². The second kappa shape index (κ2) is 8.84. The summed E-state index contributed by atoms with van der Waals surface area (Å²) in [7, 11) is -1.07. The molecule has 0 fully saturated rings. The number of rotatable bonds is 7. The summed E-state index contributed by atoms with van der Waals surface area (Å²) in [6.45, 7) is 0. The molecular formula is C21H18N2O7S. The molecule has 0 heterocycles. The Morgan fingerprint density at radius 2 is 1.68 bits per heavy atom. The van der Waals surface area contributed by atoms with Gasteiger partial charge in [-0.25, -0.2) is 13.2 Å². The van der Waals surface area contributed by atoms with Crippen molar-refractivity contribution >= 4 is 27.4 Å². The summed E-state index contributed by atoms with van der Waals surface area (Å²) in [5, 5.41) is 10.8. The molecule has 0 aliphatic carbocycles. The standard InChI is InChI=1S/C21H18N2O7S/c1-22(19-8-3-4-9-20(19)29-2)31(27,28)18-12-10-15(11-13-18)21(24)30-17-7-5-6-16(14-17)23(25)26/h3-14H,1-2H3. The van der Waals surface area contributed by atoms with Gasteiger partial charge in [-0.05, 0) is 42.5 Å². The van der Waals surface area contributed by atoms with Crippen LogP contribution in [0.1, 0.15) is 10.4 Å². The zero-order chi connectivity index (χ0) is 22.6. The molecular weight excluding hydrogens is 424 g/mol. The largest absolute Gasteiger partial charge is 0.495 e. The van der Waals surface area contributed by atoms with Gasteiger partial charge in [0.15, 0.2) is 0 Å². The quantitative estimate of drug-likeness (QED) is 0.237. The smallest absolute Gasteiger partial charge is 0.343 e. The normalized spacial score (nSPS) is 10.9. The fourth-order valence-electron chi connectivity index (χ4n) is 2.77. The predicted molar refractivity (Wildman–Crippen MR) is 113 cm³/mol. The molecule has 0 atom stereocenters. The van der Waals surface area contributed by atoms with Crippen LogP contribution in [0.3, 0.4) is 0 Å². The van der Waals surface area contributed by atoms with E-state index in [4.69, 9.17) is 9.47 Å². The van der Waals surface area contributed by atoms with E-state index >= 15 is 0 Å². The van der Waals surface area contributed by atoms with Gasteiger partial charge in [0, 0.05) is 13.1 Å². The number of methoxy groups -OCH3 is 1. The van der Waals surface area contributed by atoms with Crippen molar-refractivity contribution in [1.29, 1.82) is 0 Å². The van der Waals surface area contributed by atoms with Gasteiger partial charge in [-0.15, -0.1) is 0 Å². The molecule has 9 nitrogen and oxygen atoms in total. The molecule has 0 aromatic heterocycles. The SMILES string of the molecule is COc1ccccc1N(C)S(=O)(=O)c1ccc(C(=O)Oc2cccc([N+](=O)[O-])c2)cc1. The number of nitro benzene ring substituents is 1. The molecule has 160 valence electrons. The molecule has 0 unspecified atom stereocenters. The third-order valence-electron chi connectivity index (χ3n) is 4.41. The Morgan fingerprint density at radius 3 is 2.32 bits per heavy atom. The Hall–Kier alpha value is -3.92. The van der Waals surface area contributed by atoms with Crippen LogP contribution in [0.15, 0.2) is 77.7 Å². The number of nitro groups is 1. The highest BCUT2D eigenvalue weighted by molar-refractivity contribution is 7.92. The maximum atomic E-state index is 13.0. The summed E-state index contributed by atoms with van der Waals surface area (Å²) in [6.07, 6.45) is 0. The summed E-state index contributed by atoms with van der Waals surface area (Å²) < 4.78 is 37.4. The first-order valence-electron chi connectivity index (χ1n) is 8.92. The van der Waals surface area contributed by atoms with Gasteiger partial charge in [-0.2, -0.15) is 0 Å². The van der Waals surface area contributed by atoms with Gasteiger partial charge >= 0.3 is 5.97 Å². The van der Waals surface area contributed by atoms with E-state index in [1.165, 1.54) is 56.6 Å². The van der Waals surface area contributed by atoms with E-state index in [0.717, 1.165) is 10.4 Å². The lowest BCUT2D eigenvalue weighted by atomic mass is 10.2. The molecule has 3 aromatic carbocycles. The van der Waals surface area contributed by atoms with E-state index in [0.29, 0.717) is 11.4 Å². The zero-order valence-electron chi connectivity index (χ0n) is 16.6. The second-order valence-electron chi connectivity index (χ2n) is 6.31. The van der Waals surface area contributed by atoms with Gasteiger partial charge in [0.25, 0.3) is 15.7 Å². The lowest BCUT2D eigenvalue weighted by Crippen LogP contribution is -2.27. The van der Waals surface area contributed by atoms with Crippen molar-refractivity contribution in [2.45, 2.75) is 4.90 Å². The molecule has 3 aromatic rings. The molecule has 31 heavy (non-hydrogen) atoms. The van der Waals surface area contributed by atoms with Crippen molar-refractivity contribution in [2.24, 2.45) is 0 Å². The van der Waals surface area contributed by atoms with Crippen molar-refractivity contribution in [1.82, 2.24) is 0 Å². The number of sulfonamides is 1. The number of nitrogens with zero attached hydrogens (tertiary/aromatic N) is 2. The van der Waals surface area contributed by atoms with Crippen LogP contribution in [0.5, 0.6) is 11.5 Å². The van der Waals surface area contributed by atoms with Crippen LogP contribution in [-0.4, -0.2) is 33.5 Å². The number of non-ortho nitro benzene ring substituents is 1. The van der Waals surface area contributed by atoms with Gasteiger partial charge in [0.1, 0.15) is 11.5 Å². The van der Waals surface area contributed by atoms with E-state index in [2.05, 4.69) is 0 Å². The molecule has 0 saturated carbocycles. The van der Waals surface area contributed by atoms with E-state index in [1.807, 2.05) is 0 Å². The Balaban J connectivity index is 1.81. The number of carbonyl (C=O) groups is 1. The summed E-state index contributed by atoms with van der Waals surface area (Å²) in [5.41, 5.74) is 0.232. The third kappa shape index (κ3) is 4.64. The van der Waals surface area contributed by atoms with Crippen LogP contribution in [0, 0.1) is 10.1 Å². The highest BCUT2D eigenvalue weighted by Gasteiger charge is 2.24. The maximum absolute atomic E-state index is 13.0. The van der Waals surface area contributed by atoms with Crippen molar-refractivity contribution in [3.63, 3.8) is 0 Å². The van der Waals surface area contributed by atoms with Crippen molar-refractivity contribution < 1.29 is 27.6 Å². The minimum atomic E-state index is -3.91. The minimum Gasteiger partial charge on any atom is -0.495 e. The van der Waals surface area contributed by atoms with Gasteiger partial charge in [0.05, 0.1) is 34.2 Å². The fraction of sp³-hybridized carbons (Fsp3) is 0.0952. The van der Waals surface area contributed by atoms with E-state index in [1.54, 1.807) is 24.3 Å². The Bertz CT molecular complexity index is 1220. The Kier molecular flexibility index (Phi) is 6.21. The van der Waals surface area contributed by atoms with Crippen LogP contribution in [0.4, 0.5) is 11.4 Å². The molecule has 0 radical (unpaired) electrons. The fourth-order valence-corrected chi connectivity index (χ4v) is 3.97. The minimum absolute atomic E-state index is 0.00630. The number of hydrogen-bond donors (Lipinski definition) is 0. The molecule has 0 aliphatic heterocycles. The highest BCUT2D eigenvalue weighted by atomic mass is 32.2. The van der Waals surface area contributed by atoms with E-state index < -0.39 is 20.9 Å². The number of benzene rings is 3. The number of carbonyl (C=O) groups excluding carboxylic acids is 1. The van der Waals surface area contributed by atoms with E-state index in [9.17, 15) is 23.3 Å². The third-order valence-corrected chi connectivity index (χ3v) is 6.20. The Morgan fingerprint density at radius 1 is 1.00 bits per heavy atom. The predicted octanol–water partition coefficient (Wildman–Crippen LogP) is 3.65. The molecule has 10 heteroatoms. The first kappa shape index (κ1) is 21.8. The summed E-state index contributed by atoms with van der Waals surface area (Å²) >= 11 is 0. The first-order chi connectivity index (χ1) is 14.7. The number of hydrogen-bond acceptors (Lipinski definition) is 7. The molecule has 0 saturated heterocycles. The summed E-state index contributed by atoms with van der Waals surface area (Å²) in [6, 6.07) is 17.1. The number of para-hydroxylation sites is 2. The summed E-state index contributed by atoms with van der Waals surface area (Å²) in [5.74, 6) is -0.375. The van der Waals surface area contributed by atoms with Crippen LogP contribution in [0.25, 0.3) is 0 Å². The molecule has 0 N–H and O–H groups in total. The van der Waals surface area contributed by atoms with Crippen molar-refractivity contribution in [3.05, 3.63) is 88.5 Å². The second-order valence-corrected chi connectivity index (χ2v) is 8.28. The number of ether oxygens (including phenoxy) is 2. The molecule has 0 aliphatic rings. The number of anilines is 1.